The Morgan fingerprint density at radius 2 is 2.10 bits per heavy atom. The second-order valence-electron chi connectivity index (χ2n) is 5.45. The van der Waals surface area contributed by atoms with E-state index in [0.717, 1.165) is 12.8 Å². The number of benzene rings is 1. The van der Waals surface area contributed by atoms with Gasteiger partial charge in [-0.3, -0.25) is 4.79 Å². The zero-order valence-electron chi connectivity index (χ0n) is 12.4. The van der Waals surface area contributed by atoms with Crippen LogP contribution in [-0.4, -0.2) is 38.4 Å². The molecule has 0 atom stereocenters. The molecule has 0 saturated heterocycles. The van der Waals surface area contributed by atoms with Gasteiger partial charge in [0.05, 0.1) is 25.5 Å². The van der Waals surface area contributed by atoms with E-state index in [4.69, 9.17) is 20.3 Å². The number of hydrogen-bond donors (Lipinski definition) is 3. The van der Waals surface area contributed by atoms with Crippen LogP contribution in [0.2, 0.25) is 0 Å². The first-order chi connectivity index (χ1) is 10.0. The molecule has 4 N–H and O–H groups in total. The SMILES string of the molecule is COc1cc(OC)c(N)c(C(=O)NCC2(CCO)CC2)c1. The van der Waals surface area contributed by atoms with Crippen LogP contribution >= 0.6 is 0 Å². The van der Waals surface area contributed by atoms with Crippen molar-refractivity contribution in [2.75, 3.05) is 33.1 Å². The predicted octanol–water partition coefficient (Wildman–Crippen LogP) is 1.18. The molecule has 1 aliphatic carbocycles. The van der Waals surface area contributed by atoms with Gasteiger partial charge in [-0.1, -0.05) is 0 Å². The molecular weight excluding hydrogens is 272 g/mol. The molecule has 6 nitrogen and oxygen atoms in total. The number of methoxy groups -OCH3 is 2. The molecule has 21 heavy (non-hydrogen) atoms. The lowest BCUT2D eigenvalue weighted by Gasteiger charge is -2.16. The van der Waals surface area contributed by atoms with Gasteiger partial charge in [-0.05, 0) is 30.7 Å². The molecule has 1 aliphatic rings. The largest absolute Gasteiger partial charge is 0.497 e. The third-order valence-electron chi connectivity index (χ3n) is 4.04. The van der Waals surface area contributed by atoms with Gasteiger partial charge >= 0.3 is 0 Å². The van der Waals surface area contributed by atoms with E-state index in [1.807, 2.05) is 0 Å². The standard InChI is InChI=1S/C15H22N2O4/c1-20-10-7-11(13(16)12(8-10)21-2)14(19)17-9-15(3-4-15)5-6-18/h7-8,18H,3-6,9,16H2,1-2H3,(H,17,19). The lowest BCUT2D eigenvalue weighted by Crippen LogP contribution is -2.31. The normalized spacial score (nSPS) is 15.4. The van der Waals surface area contributed by atoms with Crippen molar-refractivity contribution >= 4 is 11.6 Å². The zero-order chi connectivity index (χ0) is 15.5. The Hall–Kier alpha value is -1.95. The van der Waals surface area contributed by atoms with Gasteiger partial charge in [0.25, 0.3) is 5.91 Å². The summed E-state index contributed by atoms with van der Waals surface area (Å²) in [6.45, 7) is 0.691. The fraction of sp³-hybridized carbons (Fsp3) is 0.533. The fourth-order valence-electron chi connectivity index (χ4n) is 2.37. The van der Waals surface area contributed by atoms with Crippen LogP contribution in [0.3, 0.4) is 0 Å². The Kier molecular flexibility index (Phi) is 4.57. The number of carbonyl (C=O) groups excluding carboxylic acids is 1. The van der Waals surface area contributed by atoms with Crippen LogP contribution in [0.25, 0.3) is 0 Å². The predicted molar refractivity (Wildman–Crippen MR) is 79.7 cm³/mol. The van der Waals surface area contributed by atoms with Crippen LogP contribution in [0.1, 0.15) is 29.6 Å². The molecule has 0 heterocycles. The van der Waals surface area contributed by atoms with Crippen LogP contribution in [0, 0.1) is 5.41 Å². The number of aliphatic hydroxyl groups is 1. The maximum Gasteiger partial charge on any atom is 0.253 e. The molecule has 0 aromatic heterocycles. The summed E-state index contributed by atoms with van der Waals surface area (Å²) in [4.78, 5) is 12.3. The Morgan fingerprint density at radius 1 is 1.38 bits per heavy atom. The quantitative estimate of drug-likeness (QED) is 0.657. The highest BCUT2D eigenvalue weighted by molar-refractivity contribution is 6.01. The minimum Gasteiger partial charge on any atom is -0.497 e. The van der Waals surface area contributed by atoms with Crippen molar-refractivity contribution in [3.63, 3.8) is 0 Å². The van der Waals surface area contributed by atoms with Crippen LogP contribution in [-0.2, 0) is 0 Å². The topological polar surface area (TPSA) is 93.8 Å². The lowest BCUT2D eigenvalue weighted by atomic mass is 10.0. The molecule has 0 bridgehead atoms. The maximum atomic E-state index is 12.3. The van der Waals surface area contributed by atoms with Gasteiger partial charge in [-0.15, -0.1) is 0 Å². The van der Waals surface area contributed by atoms with Gasteiger partial charge in [0.15, 0.2) is 0 Å². The highest BCUT2D eigenvalue weighted by Gasteiger charge is 2.42. The second-order valence-corrected chi connectivity index (χ2v) is 5.45. The van der Waals surface area contributed by atoms with E-state index in [1.165, 1.54) is 14.2 Å². The van der Waals surface area contributed by atoms with Crippen LogP contribution in [0.5, 0.6) is 11.5 Å². The first-order valence-electron chi connectivity index (χ1n) is 6.96. The zero-order valence-corrected chi connectivity index (χ0v) is 12.4. The monoisotopic (exact) mass is 294 g/mol. The average Bonchev–Trinajstić information content (AvgIpc) is 3.25. The van der Waals surface area contributed by atoms with Crippen LogP contribution in [0.4, 0.5) is 5.69 Å². The Morgan fingerprint density at radius 3 is 2.62 bits per heavy atom. The molecule has 0 radical (unpaired) electrons. The summed E-state index contributed by atoms with van der Waals surface area (Å²) in [6, 6.07) is 3.24. The summed E-state index contributed by atoms with van der Waals surface area (Å²) in [6.07, 6.45) is 2.78. The van der Waals surface area contributed by atoms with Gasteiger partial charge in [0.1, 0.15) is 11.5 Å². The maximum absolute atomic E-state index is 12.3. The molecule has 1 amide bonds. The number of nitrogens with one attached hydrogen (secondary N) is 1. The highest BCUT2D eigenvalue weighted by atomic mass is 16.5. The number of nitrogen functional groups attached to an aromatic ring is 1. The molecular formula is C15H22N2O4. The van der Waals surface area contributed by atoms with E-state index in [0.29, 0.717) is 35.7 Å². The molecule has 0 unspecified atom stereocenters. The highest BCUT2D eigenvalue weighted by Crippen LogP contribution is 2.48. The van der Waals surface area contributed by atoms with Crippen molar-refractivity contribution in [1.29, 1.82) is 0 Å². The van der Waals surface area contributed by atoms with Gasteiger partial charge in [0, 0.05) is 19.2 Å². The van der Waals surface area contributed by atoms with Crippen molar-refractivity contribution in [1.82, 2.24) is 5.32 Å². The average molecular weight is 294 g/mol. The number of aliphatic hydroxyl groups excluding tert-OH is 1. The number of hydrogen-bond acceptors (Lipinski definition) is 5. The lowest BCUT2D eigenvalue weighted by molar-refractivity contribution is 0.0941. The van der Waals surface area contributed by atoms with Gasteiger partial charge in [-0.25, -0.2) is 0 Å². The molecule has 0 spiro atoms. The molecule has 6 heteroatoms. The van der Waals surface area contributed by atoms with E-state index in [9.17, 15) is 4.79 Å². The van der Waals surface area contributed by atoms with E-state index in [-0.39, 0.29) is 17.9 Å². The number of nitrogens with two attached hydrogens (primary N) is 1. The molecule has 2 rings (SSSR count). The number of rotatable bonds is 7. The first kappa shape index (κ1) is 15.4. The molecule has 0 aliphatic heterocycles. The Bertz CT molecular complexity index is 527. The van der Waals surface area contributed by atoms with Crippen molar-refractivity contribution in [2.45, 2.75) is 19.3 Å². The summed E-state index contributed by atoms with van der Waals surface area (Å²) >= 11 is 0. The van der Waals surface area contributed by atoms with Gasteiger partial charge < -0.3 is 25.6 Å². The van der Waals surface area contributed by atoms with E-state index >= 15 is 0 Å². The van der Waals surface area contributed by atoms with E-state index in [2.05, 4.69) is 5.32 Å². The van der Waals surface area contributed by atoms with E-state index < -0.39 is 0 Å². The Balaban J connectivity index is 2.11. The Labute approximate surface area is 124 Å². The number of carbonyl (C=O) groups is 1. The molecule has 1 fully saturated rings. The molecule has 116 valence electrons. The van der Waals surface area contributed by atoms with Crippen LogP contribution in [0.15, 0.2) is 12.1 Å². The van der Waals surface area contributed by atoms with Crippen molar-refractivity contribution in [3.8, 4) is 11.5 Å². The number of ether oxygens (including phenoxy) is 2. The fourth-order valence-corrected chi connectivity index (χ4v) is 2.37. The van der Waals surface area contributed by atoms with Crippen molar-refractivity contribution < 1.29 is 19.4 Å². The molecule has 1 saturated carbocycles. The minimum atomic E-state index is -0.256. The minimum absolute atomic E-state index is 0.0577. The summed E-state index contributed by atoms with van der Waals surface area (Å²) < 4.78 is 10.3. The number of anilines is 1. The third-order valence-corrected chi connectivity index (χ3v) is 4.04. The number of amides is 1. The van der Waals surface area contributed by atoms with Crippen LogP contribution < -0.4 is 20.5 Å². The summed E-state index contributed by atoms with van der Waals surface area (Å²) in [5.74, 6) is 0.674. The van der Waals surface area contributed by atoms with E-state index in [1.54, 1.807) is 12.1 Å². The smallest absolute Gasteiger partial charge is 0.253 e. The van der Waals surface area contributed by atoms with Crippen molar-refractivity contribution in [2.24, 2.45) is 5.41 Å². The van der Waals surface area contributed by atoms with Gasteiger partial charge in [0.2, 0.25) is 0 Å². The summed E-state index contributed by atoms with van der Waals surface area (Å²) in [7, 11) is 3.01. The third kappa shape index (κ3) is 3.39. The summed E-state index contributed by atoms with van der Waals surface area (Å²) in [5.41, 5.74) is 6.64. The van der Waals surface area contributed by atoms with Gasteiger partial charge in [-0.2, -0.15) is 0 Å². The summed E-state index contributed by atoms with van der Waals surface area (Å²) in [5, 5.41) is 11.9. The second kappa shape index (κ2) is 6.22. The molecule has 1 aromatic carbocycles. The molecule has 1 aromatic rings. The first-order valence-corrected chi connectivity index (χ1v) is 6.96. The van der Waals surface area contributed by atoms with Crippen molar-refractivity contribution in [3.05, 3.63) is 17.7 Å².